The van der Waals surface area contributed by atoms with Crippen LogP contribution in [0.5, 0.6) is 0 Å². The van der Waals surface area contributed by atoms with Crippen LogP contribution >= 0.6 is 11.3 Å². The van der Waals surface area contributed by atoms with Gasteiger partial charge in [-0.25, -0.2) is 4.39 Å². The lowest BCUT2D eigenvalue weighted by atomic mass is 9.73. The molecule has 0 bridgehead atoms. The number of carbonyl (C=O) groups is 3. The molecular formula is C22H23FN2O3S. The van der Waals surface area contributed by atoms with Crippen LogP contribution < -0.4 is 5.32 Å². The Hall–Kier alpha value is -2.54. The van der Waals surface area contributed by atoms with Gasteiger partial charge in [-0.1, -0.05) is 37.5 Å². The number of amides is 3. The molecule has 3 amide bonds. The minimum Gasteiger partial charge on any atom is -0.343 e. The van der Waals surface area contributed by atoms with Crippen molar-refractivity contribution in [2.75, 3.05) is 6.54 Å². The van der Waals surface area contributed by atoms with Gasteiger partial charge in [0.1, 0.15) is 12.4 Å². The third-order valence-corrected chi connectivity index (χ3v) is 6.88. The lowest BCUT2D eigenvalue weighted by Gasteiger charge is -2.30. The Balaban J connectivity index is 1.49. The molecule has 1 atom stereocenters. The zero-order valence-electron chi connectivity index (χ0n) is 16.0. The summed E-state index contributed by atoms with van der Waals surface area (Å²) in [6.45, 7) is -0.275. The van der Waals surface area contributed by atoms with Crippen LogP contribution in [0.2, 0.25) is 0 Å². The predicted molar refractivity (Wildman–Crippen MR) is 108 cm³/mol. The molecule has 1 N–H and O–H groups in total. The number of carbonyl (C=O) groups excluding carboxylic acids is 3. The van der Waals surface area contributed by atoms with Gasteiger partial charge in [0.05, 0.1) is 11.5 Å². The predicted octanol–water partition coefficient (Wildman–Crippen LogP) is 3.80. The first kappa shape index (κ1) is 19.8. The van der Waals surface area contributed by atoms with Gasteiger partial charge in [-0.05, 0) is 42.0 Å². The minimum absolute atomic E-state index is 0.202. The molecule has 2 aromatic rings. The molecule has 1 aliphatic carbocycles. The van der Waals surface area contributed by atoms with Crippen LogP contribution in [0, 0.1) is 11.2 Å². The van der Waals surface area contributed by atoms with Gasteiger partial charge in [-0.2, -0.15) is 0 Å². The summed E-state index contributed by atoms with van der Waals surface area (Å²) in [6.07, 6.45) is 4.65. The van der Waals surface area contributed by atoms with Crippen molar-refractivity contribution in [2.24, 2.45) is 5.41 Å². The van der Waals surface area contributed by atoms with Crippen molar-refractivity contribution in [3.63, 3.8) is 0 Å². The maximum absolute atomic E-state index is 13.3. The second-order valence-corrected chi connectivity index (χ2v) is 8.85. The van der Waals surface area contributed by atoms with Crippen LogP contribution in [0.4, 0.5) is 4.39 Å². The Bertz CT molecular complexity index is 905. The molecule has 2 aliphatic rings. The summed E-state index contributed by atoms with van der Waals surface area (Å²) >= 11 is 1.48. The van der Waals surface area contributed by atoms with E-state index in [4.69, 9.17) is 0 Å². The highest BCUT2D eigenvalue weighted by molar-refractivity contribution is 7.10. The maximum atomic E-state index is 13.3. The second-order valence-electron chi connectivity index (χ2n) is 7.87. The molecule has 29 heavy (non-hydrogen) atoms. The molecule has 1 saturated heterocycles. The number of rotatable bonds is 5. The number of nitrogens with one attached hydrogen (secondary N) is 1. The largest absolute Gasteiger partial charge is 0.343 e. The Labute approximate surface area is 172 Å². The third kappa shape index (κ3) is 3.96. The van der Waals surface area contributed by atoms with Crippen molar-refractivity contribution in [2.45, 2.75) is 44.6 Å². The summed E-state index contributed by atoms with van der Waals surface area (Å²) in [7, 11) is 0. The number of hydrogen-bond donors (Lipinski definition) is 1. The molecule has 7 heteroatoms. The molecule has 1 aliphatic heterocycles. The van der Waals surface area contributed by atoms with Crippen molar-refractivity contribution in [1.82, 2.24) is 10.2 Å². The first-order chi connectivity index (χ1) is 14.0. The van der Waals surface area contributed by atoms with Crippen molar-refractivity contribution >= 4 is 29.1 Å². The van der Waals surface area contributed by atoms with Gasteiger partial charge < -0.3 is 5.32 Å². The van der Waals surface area contributed by atoms with Gasteiger partial charge in [0.25, 0.3) is 0 Å². The third-order valence-electron chi connectivity index (χ3n) is 5.94. The summed E-state index contributed by atoms with van der Waals surface area (Å²) in [4.78, 5) is 40.2. The topological polar surface area (TPSA) is 66.5 Å². The highest BCUT2D eigenvalue weighted by Crippen LogP contribution is 2.45. The van der Waals surface area contributed by atoms with Crippen LogP contribution in [0.1, 0.15) is 55.0 Å². The minimum atomic E-state index is -0.597. The first-order valence-electron chi connectivity index (χ1n) is 9.92. The van der Waals surface area contributed by atoms with E-state index in [1.165, 1.54) is 23.5 Å². The van der Waals surface area contributed by atoms with E-state index in [2.05, 4.69) is 5.32 Å². The van der Waals surface area contributed by atoms with E-state index in [9.17, 15) is 18.8 Å². The smallest absolute Gasteiger partial charge is 0.240 e. The van der Waals surface area contributed by atoms with Crippen LogP contribution in [-0.4, -0.2) is 29.2 Å². The molecule has 2 heterocycles. The SMILES string of the molecule is O=C(CN1C(=O)CC2(CCCCC2)C1=O)NC(c1ccc(F)cc1)c1cccs1. The van der Waals surface area contributed by atoms with Gasteiger partial charge in [0.15, 0.2) is 0 Å². The van der Waals surface area contributed by atoms with E-state index >= 15 is 0 Å². The fourth-order valence-electron chi connectivity index (χ4n) is 4.42. The number of halogens is 1. The Morgan fingerprint density at radius 3 is 2.52 bits per heavy atom. The molecule has 0 radical (unpaired) electrons. The van der Waals surface area contributed by atoms with Crippen molar-refractivity contribution in [1.29, 1.82) is 0 Å². The molecule has 1 aromatic heterocycles. The van der Waals surface area contributed by atoms with E-state index in [0.717, 1.165) is 47.4 Å². The summed E-state index contributed by atoms with van der Waals surface area (Å²) in [6, 6.07) is 9.27. The number of benzene rings is 1. The van der Waals surface area contributed by atoms with E-state index in [-0.39, 0.29) is 30.6 Å². The molecule has 5 nitrogen and oxygen atoms in total. The van der Waals surface area contributed by atoms with Crippen molar-refractivity contribution in [3.05, 3.63) is 58.0 Å². The summed E-state index contributed by atoms with van der Waals surface area (Å²) in [5.41, 5.74) is 0.143. The molecule has 1 saturated carbocycles. The van der Waals surface area contributed by atoms with E-state index in [1.807, 2.05) is 17.5 Å². The highest BCUT2D eigenvalue weighted by atomic mass is 32.1. The number of thiophene rings is 1. The number of hydrogen-bond acceptors (Lipinski definition) is 4. The van der Waals surface area contributed by atoms with Gasteiger partial charge in [-0.3, -0.25) is 19.3 Å². The van der Waals surface area contributed by atoms with Gasteiger partial charge >= 0.3 is 0 Å². The van der Waals surface area contributed by atoms with E-state index in [0.29, 0.717) is 0 Å². The van der Waals surface area contributed by atoms with Crippen LogP contribution in [0.25, 0.3) is 0 Å². The van der Waals surface area contributed by atoms with Crippen molar-refractivity contribution < 1.29 is 18.8 Å². The number of nitrogens with zero attached hydrogens (tertiary/aromatic N) is 1. The average Bonchev–Trinajstić information content (AvgIpc) is 3.32. The highest BCUT2D eigenvalue weighted by Gasteiger charge is 2.51. The standard InChI is InChI=1S/C22H23FN2O3S/c23-16-8-6-15(7-9-16)20(17-5-4-12-29-17)24-18(26)14-25-19(27)13-22(21(25)28)10-2-1-3-11-22/h4-9,12,20H,1-3,10-11,13-14H2,(H,24,26). The molecule has 1 spiro atoms. The summed E-state index contributed by atoms with van der Waals surface area (Å²) in [5.74, 6) is -1.22. The zero-order valence-corrected chi connectivity index (χ0v) is 16.8. The van der Waals surface area contributed by atoms with E-state index < -0.39 is 17.4 Å². The number of imide groups is 1. The molecule has 2 fully saturated rings. The maximum Gasteiger partial charge on any atom is 0.240 e. The lowest BCUT2D eigenvalue weighted by molar-refractivity contribution is -0.145. The van der Waals surface area contributed by atoms with Crippen LogP contribution in [-0.2, 0) is 14.4 Å². The Morgan fingerprint density at radius 1 is 1.14 bits per heavy atom. The lowest BCUT2D eigenvalue weighted by Crippen LogP contribution is -2.43. The zero-order chi connectivity index (χ0) is 20.4. The van der Waals surface area contributed by atoms with Gasteiger partial charge in [-0.15, -0.1) is 11.3 Å². The van der Waals surface area contributed by atoms with Crippen LogP contribution in [0.15, 0.2) is 41.8 Å². The molecule has 1 aromatic carbocycles. The first-order valence-corrected chi connectivity index (χ1v) is 10.8. The molecule has 1 unspecified atom stereocenters. The quantitative estimate of drug-likeness (QED) is 0.757. The van der Waals surface area contributed by atoms with Gasteiger partial charge in [0.2, 0.25) is 17.7 Å². The summed E-state index contributed by atoms with van der Waals surface area (Å²) < 4.78 is 13.3. The van der Waals surface area contributed by atoms with E-state index in [1.54, 1.807) is 12.1 Å². The number of likely N-dealkylation sites (tertiary alicyclic amines) is 1. The average molecular weight is 415 g/mol. The second kappa shape index (κ2) is 8.06. The van der Waals surface area contributed by atoms with Crippen molar-refractivity contribution in [3.8, 4) is 0 Å². The monoisotopic (exact) mass is 414 g/mol. The molecular weight excluding hydrogens is 391 g/mol. The summed E-state index contributed by atoms with van der Waals surface area (Å²) in [5, 5.41) is 4.82. The normalized spacial score (nSPS) is 19.6. The fourth-order valence-corrected chi connectivity index (χ4v) is 5.22. The Morgan fingerprint density at radius 2 is 1.86 bits per heavy atom. The van der Waals surface area contributed by atoms with Crippen LogP contribution in [0.3, 0.4) is 0 Å². The molecule has 152 valence electrons. The molecule has 4 rings (SSSR count). The fraction of sp³-hybridized carbons (Fsp3) is 0.409. The van der Waals surface area contributed by atoms with Gasteiger partial charge in [0, 0.05) is 11.3 Å². The Kier molecular flexibility index (Phi) is 5.50.